The molecule has 0 bridgehead atoms. The van der Waals surface area contributed by atoms with E-state index >= 15 is 0 Å². The van der Waals surface area contributed by atoms with E-state index in [1.165, 1.54) is 6.92 Å². The van der Waals surface area contributed by atoms with Gasteiger partial charge in [-0.3, -0.25) is 15.6 Å². The largest absolute Gasteiger partial charge is 0.359 e. The first-order chi connectivity index (χ1) is 9.38. The van der Waals surface area contributed by atoms with Crippen molar-refractivity contribution >= 4 is 34.6 Å². The molecule has 0 heterocycles. The van der Waals surface area contributed by atoms with E-state index in [0.717, 1.165) is 11.3 Å². The molecule has 108 valence electrons. The normalized spacial score (nSPS) is 9.80. The van der Waals surface area contributed by atoms with Crippen LogP contribution >= 0.6 is 12.2 Å². The van der Waals surface area contributed by atoms with Crippen LogP contribution in [0.1, 0.15) is 26.3 Å². The number of anilines is 1. The second-order valence-corrected chi connectivity index (χ2v) is 5.03. The molecule has 4 N–H and O–H groups in total. The van der Waals surface area contributed by atoms with Crippen LogP contribution in [0.4, 0.5) is 5.69 Å². The summed E-state index contributed by atoms with van der Waals surface area (Å²) in [7, 11) is 0. The third kappa shape index (κ3) is 5.71. The van der Waals surface area contributed by atoms with Crippen molar-refractivity contribution in [3.63, 3.8) is 0 Å². The van der Waals surface area contributed by atoms with Gasteiger partial charge in [0.1, 0.15) is 0 Å². The number of hydrogen-bond donors (Lipinski definition) is 4. The molecular formula is C14H20N4OS. The molecular weight excluding hydrogens is 272 g/mol. The smallest absolute Gasteiger partial charge is 0.221 e. The minimum absolute atomic E-state index is 0.110. The number of hydrogen-bond acceptors (Lipinski definition) is 3. The summed E-state index contributed by atoms with van der Waals surface area (Å²) in [5.41, 5.74) is 8.02. The number of benzene rings is 1. The predicted octanol–water partition coefficient (Wildman–Crippen LogP) is 1.99. The highest BCUT2D eigenvalue weighted by molar-refractivity contribution is 7.80. The number of thiocarbonyl (C=S) groups is 1. The van der Waals surface area contributed by atoms with Crippen LogP contribution in [0.3, 0.4) is 0 Å². The first kappa shape index (κ1) is 16.0. The van der Waals surface area contributed by atoms with Crippen molar-refractivity contribution < 1.29 is 4.79 Å². The lowest BCUT2D eigenvalue weighted by Gasteiger charge is -2.16. The van der Waals surface area contributed by atoms with Crippen LogP contribution in [0.2, 0.25) is 0 Å². The maximum absolute atomic E-state index is 11.0. The van der Waals surface area contributed by atoms with Gasteiger partial charge in [0.05, 0.1) is 5.70 Å². The van der Waals surface area contributed by atoms with E-state index in [2.05, 4.69) is 28.1 Å². The zero-order valence-corrected chi connectivity index (χ0v) is 12.7. The average Bonchev–Trinajstić information content (AvgIpc) is 2.34. The van der Waals surface area contributed by atoms with E-state index in [9.17, 15) is 4.79 Å². The van der Waals surface area contributed by atoms with Crippen molar-refractivity contribution in [1.82, 2.24) is 16.2 Å². The van der Waals surface area contributed by atoms with Gasteiger partial charge >= 0.3 is 0 Å². The summed E-state index contributed by atoms with van der Waals surface area (Å²) in [6, 6.07) is 7.64. The van der Waals surface area contributed by atoms with Gasteiger partial charge in [-0.25, -0.2) is 0 Å². The quantitative estimate of drug-likeness (QED) is 0.494. The predicted molar refractivity (Wildman–Crippen MR) is 86.9 cm³/mol. The molecule has 0 atom stereocenters. The monoisotopic (exact) mass is 292 g/mol. The van der Waals surface area contributed by atoms with E-state index in [1.807, 2.05) is 38.1 Å². The molecule has 0 unspecified atom stereocenters. The maximum Gasteiger partial charge on any atom is 0.221 e. The summed E-state index contributed by atoms with van der Waals surface area (Å²) in [5, 5.41) is 6.27. The summed E-state index contributed by atoms with van der Waals surface area (Å²) in [6.07, 6.45) is 0. The number of carbonyl (C=O) groups is 1. The molecule has 0 spiro atoms. The first-order valence-electron chi connectivity index (χ1n) is 6.28. The van der Waals surface area contributed by atoms with Gasteiger partial charge in [0.25, 0.3) is 0 Å². The highest BCUT2D eigenvalue weighted by Gasteiger charge is 2.02. The summed E-state index contributed by atoms with van der Waals surface area (Å²) in [6.45, 7) is 9.39. The maximum atomic E-state index is 11.0. The van der Waals surface area contributed by atoms with Gasteiger partial charge in [-0.2, -0.15) is 0 Å². The topological polar surface area (TPSA) is 65.2 Å². The van der Waals surface area contributed by atoms with Gasteiger partial charge in [-0.1, -0.05) is 18.7 Å². The Balaban J connectivity index is 2.59. The molecule has 0 aliphatic carbocycles. The number of nitrogens with one attached hydrogen (secondary N) is 4. The molecule has 0 aliphatic heterocycles. The average molecular weight is 292 g/mol. The van der Waals surface area contributed by atoms with Crippen molar-refractivity contribution in [3.05, 3.63) is 36.4 Å². The van der Waals surface area contributed by atoms with Crippen molar-refractivity contribution in [1.29, 1.82) is 0 Å². The van der Waals surface area contributed by atoms with Crippen LogP contribution in [0.15, 0.2) is 30.8 Å². The molecule has 1 amide bonds. The molecule has 20 heavy (non-hydrogen) atoms. The van der Waals surface area contributed by atoms with Crippen LogP contribution in [0.5, 0.6) is 0 Å². The van der Waals surface area contributed by atoms with Crippen molar-refractivity contribution in [2.24, 2.45) is 0 Å². The molecule has 0 saturated carbocycles. The zero-order valence-electron chi connectivity index (χ0n) is 11.9. The van der Waals surface area contributed by atoms with Gasteiger partial charge < -0.3 is 10.6 Å². The molecule has 0 aromatic heterocycles. The minimum atomic E-state index is -0.110. The molecule has 0 aliphatic rings. The number of rotatable bonds is 5. The summed E-state index contributed by atoms with van der Waals surface area (Å²) in [5.74, 6) is -0.110. The molecule has 1 aromatic rings. The van der Waals surface area contributed by atoms with Gasteiger partial charge in [-0.05, 0) is 38.2 Å². The van der Waals surface area contributed by atoms with E-state index < -0.39 is 0 Å². The third-order valence-electron chi connectivity index (χ3n) is 2.28. The van der Waals surface area contributed by atoms with Crippen LogP contribution in [-0.4, -0.2) is 17.1 Å². The second kappa shape index (κ2) is 7.49. The highest BCUT2D eigenvalue weighted by Crippen LogP contribution is 2.15. The van der Waals surface area contributed by atoms with Crippen LogP contribution in [0, 0.1) is 0 Å². The summed E-state index contributed by atoms with van der Waals surface area (Å²) in [4.78, 5) is 11.0. The van der Waals surface area contributed by atoms with E-state index in [1.54, 1.807) is 0 Å². The Bertz CT molecular complexity index is 514. The molecule has 1 rings (SSSR count). The van der Waals surface area contributed by atoms with Gasteiger partial charge in [0.15, 0.2) is 5.11 Å². The lowest BCUT2D eigenvalue weighted by molar-refractivity contribution is -0.114. The Labute approximate surface area is 124 Å². The van der Waals surface area contributed by atoms with Crippen LogP contribution in [-0.2, 0) is 4.79 Å². The Morgan fingerprint density at radius 1 is 1.30 bits per heavy atom. The number of hydrazine groups is 1. The number of carbonyl (C=O) groups excluding carboxylic acids is 1. The Morgan fingerprint density at radius 3 is 2.60 bits per heavy atom. The van der Waals surface area contributed by atoms with Gasteiger partial charge in [0, 0.05) is 24.2 Å². The van der Waals surface area contributed by atoms with Crippen LogP contribution in [0.25, 0.3) is 5.70 Å². The van der Waals surface area contributed by atoms with Crippen LogP contribution < -0.4 is 21.5 Å². The summed E-state index contributed by atoms with van der Waals surface area (Å²) < 4.78 is 0. The van der Waals surface area contributed by atoms with E-state index in [4.69, 9.17) is 12.2 Å². The van der Waals surface area contributed by atoms with Gasteiger partial charge in [0.2, 0.25) is 5.91 Å². The Hall–Kier alpha value is -2.08. The number of amides is 1. The van der Waals surface area contributed by atoms with E-state index in [0.29, 0.717) is 10.8 Å². The Morgan fingerprint density at radius 2 is 2.00 bits per heavy atom. The lowest BCUT2D eigenvalue weighted by atomic mass is 10.1. The lowest BCUT2D eigenvalue weighted by Crippen LogP contribution is -2.45. The second-order valence-electron chi connectivity index (χ2n) is 4.62. The fourth-order valence-corrected chi connectivity index (χ4v) is 1.78. The standard InChI is InChI=1S/C14H20N4OS/c1-9(2)15-14(20)18-17-10(3)12-6-5-7-13(8-12)16-11(4)19/h5-9,17H,3H2,1-2,4H3,(H,16,19)(H2,15,18,20). The molecule has 0 saturated heterocycles. The fourth-order valence-electron chi connectivity index (χ4n) is 1.49. The SMILES string of the molecule is C=C(NNC(=S)NC(C)C)c1cccc(NC(C)=O)c1. The van der Waals surface area contributed by atoms with Crippen molar-refractivity contribution in [3.8, 4) is 0 Å². The molecule has 5 nitrogen and oxygen atoms in total. The summed E-state index contributed by atoms with van der Waals surface area (Å²) >= 11 is 5.10. The van der Waals surface area contributed by atoms with Crippen molar-refractivity contribution in [2.45, 2.75) is 26.8 Å². The molecule has 1 aromatic carbocycles. The molecule has 6 heteroatoms. The first-order valence-corrected chi connectivity index (χ1v) is 6.68. The molecule has 0 fully saturated rings. The third-order valence-corrected chi connectivity index (χ3v) is 2.50. The van der Waals surface area contributed by atoms with E-state index in [-0.39, 0.29) is 11.9 Å². The van der Waals surface area contributed by atoms with Gasteiger partial charge in [-0.15, -0.1) is 0 Å². The highest BCUT2D eigenvalue weighted by atomic mass is 32.1. The fraction of sp³-hybridized carbons (Fsp3) is 0.286. The van der Waals surface area contributed by atoms with Crippen molar-refractivity contribution in [2.75, 3.05) is 5.32 Å². The minimum Gasteiger partial charge on any atom is -0.359 e. The zero-order chi connectivity index (χ0) is 15.1. The molecule has 0 radical (unpaired) electrons. The Kier molecular flexibility index (Phi) is 5.99.